The molecule has 0 bridgehead atoms. The monoisotopic (exact) mass is 215 g/mol. The first kappa shape index (κ1) is 8.68. The van der Waals surface area contributed by atoms with Gasteiger partial charge >= 0.3 is 0 Å². The number of hydrogen-bond acceptors (Lipinski definition) is 2. The highest BCUT2D eigenvalue weighted by Gasteiger charge is 2.08. The van der Waals surface area contributed by atoms with Crippen molar-refractivity contribution in [2.75, 3.05) is 0 Å². The van der Waals surface area contributed by atoms with Crippen molar-refractivity contribution in [3.8, 4) is 0 Å². The van der Waals surface area contributed by atoms with Crippen molar-refractivity contribution < 1.29 is 5.11 Å². The summed E-state index contributed by atoms with van der Waals surface area (Å²) in [5, 5.41) is 9.24. The zero-order valence-corrected chi connectivity index (χ0v) is 8.09. The standard InChI is InChI=1S/C8H10BrNO/c1-5-3-4-10-8(6(2)11)7(5)9/h3-4,6,11H,1-2H3. The van der Waals surface area contributed by atoms with Crippen molar-refractivity contribution in [3.63, 3.8) is 0 Å². The second kappa shape index (κ2) is 3.32. The zero-order valence-electron chi connectivity index (χ0n) is 6.50. The van der Waals surface area contributed by atoms with Crippen LogP contribution < -0.4 is 0 Å². The first-order valence-corrected chi connectivity index (χ1v) is 4.21. The van der Waals surface area contributed by atoms with Gasteiger partial charge in [-0.3, -0.25) is 4.98 Å². The molecule has 0 radical (unpaired) electrons. The smallest absolute Gasteiger partial charge is 0.0943 e. The maximum atomic E-state index is 9.24. The molecule has 0 aliphatic carbocycles. The predicted octanol–water partition coefficient (Wildman–Crippen LogP) is 2.21. The number of aromatic nitrogens is 1. The number of rotatable bonds is 1. The third kappa shape index (κ3) is 1.79. The number of nitrogens with zero attached hydrogens (tertiary/aromatic N) is 1. The predicted molar refractivity (Wildman–Crippen MR) is 47.3 cm³/mol. The quantitative estimate of drug-likeness (QED) is 0.780. The first-order chi connectivity index (χ1) is 5.13. The average molecular weight is 216 g/mol. The largest absolute Gasteiger partial charge is 0.387 e. The summed E-state index contributed by atoms with van der Waals surface area (Å²) in [6, 6.07) is 1.90. The molecular formula is C8H10BrNO. The van der Waals surface area contributed by atoms with Gasteiger partial charge in [0, 0.05) is 10.7 Å². The number of hydrogen-bond donors (Lipinski definition) is 1. The Hall–Kier alpha value is -0.410. The molecule has 11 heavy (non-hydrogen) atoms. The average Bonchev–Trinajstić information content (AvgIpc) is 1.94. The van der Waals surface area contributed by atoms with Gasteiger partial charge in [-0.25, -0.2) is 0 Å². The molecule has 1 rings (SSSR count). The Morgan fingerprint density at radius 1 is 1.64 bits per heavy atom. The minimum absolute atomic E-state index is 0.510. The Morgan fingerprint density at radius 3 is 2.73 bits per heavy atom. The molecule has 1 N–H and O–H groups in total. The summed E-state index contributed by atoms with van der Waals surface area (Å²) in [4.78, 5) is 4.04. The number of aryl methyl sites for hydroxylation is 1. The van der Waals surface area contributed by atoms with E-state index in [9.17, 15) is 5.11 Å². The SMILES string of the molecule is Cc1ccnc(C(C)O)c1Br. The second-order valence-corrected chi connectivity index (χ2v) is 3.30. The van der Waals surface area contributed by atoms with Crippen molar-refractivity contribution in [1.82, 2.24) is 4.98 Å². The zero-order chi connectivity index (χ0) is 8.43. The van der Waals surface area contributed by atoms with Crippen LogP contribution in [0, 0.1) is 6.92 Å². The number of pyridine rings is 1. The molecule has 0 aliphatic rings. The van der Waals surface area contributed by atoms with Gasteiger partial charge in [0.15, 0.2) is 0 Å². The van der Waals surface area contributed by atoms with Crippen LogP contribution in [-0.4, -0.2) is 10.1 Å². The first-order valence-electron chi connectivity index (χ1n) is 3.42. The molecule has 0 amide bonds. The van der Waals surface area contributed by atoms with Gasteiger partial charge in [-0.1, -0.05) is 0 Å². The van der Waals surface area contributed by atoms with E-state index >= 15 is 0 Å². The third-order valence-electron chi connectivity index (χ3n) is 1.50. The summed E-state index contributed by atoms with van der Waals surface area (Å²) in [7, 11) is 0. The van der Waals surface area contributed by atoms with Crippen LogP contribution in [0.2, 0.25) is 0 Å². The highest BCUT2D eigenvalue weighted by atomic mass is 79.9. The molecule has 3 heteroatoms. The molecule has 0 aliphatic heterocycles. The van der Waals surface area contributed by atoms with Crippen LogP contribution in [0.15, 0.2) is 16.7 Å². The highest BCUT2D eigenvalue weighted by molar-refractivity contribution is 9.10. The van der Waals surface area contributed by atoms with Gasteiger partial charge in [0.25, 0.3) is 0 Å². The van der Waals surface area contributed by atoms with Gasteiger partial charge in [0.1, 0.15) is 0 Å². The highest BCUT2D eigenvalue weighted by Crippen LogP contribution is 2.23. The van der Waals surface area contributed by atoms with Crippen LogP contribution in [-0.2, 0) is 0 Å². The van der Waals surface area contributed by atoms with Crippen molar-refractivity contribution in [2.45, 2.75) is 20.0 Å². The molecule has 1 aromatic heterocycles. The van der Waals surface area contributed by atoms with E-state index in [4.69, 9.17) is 0 Å². The molecular weight excluding hydrogens is 206 g/mol. The van der Waals surface area contributed by atoms with E-state index < -0.39 is 6.10 Å². The van der Waals surface area contributed by atoms with E-state index in [1.807, 2.05) is 13.0 Å². The maximum absolute atomic E-state index is 9.24. The van der Waals surface area contributed by atoms with Gasteiger partial charge in [0.05, 0.1) is 11.8 Å². The number of halogens is 1. The van der Waals surface area contributed by atoms with Crippen LogP contribution in [0.25, 0.3) is 0 Å². The molecule has 2 nitrogen and oxygen atoms in total. The molecule has 0 spiro atoms. The second-order valence-electron chi connectivity index (χ2n) is 2.50. The molecule has 0 fully saturated rings. The minimum Gasteiger partial charge on any atom is -0.387 e. The van der Waals surface area contributed by atoms with Crippen LogP contribution >= 0.6 is 15.9 Å². The summed E-state index contributed by atoms with van der Waals surface area (Å²) < 4.78 is 0.898. The molecule has 0 saturated heterocycles. The Labute approximate surface area is 74.4 Å². The van der Waals surface area contributed by atoms with Gasteiger partial charge in [-0.2, -0.15) is 0 Å². The van der Waals surface area contributed by atoms with Crippen LogP contribution in [0.3, 0.4) is 0 Å². The van der Waals surface area contributed by atoms with Gasteiger partial charge < -0.3 is 5.11 Å². The maximum Gasteiger partial charge on any atom is 0.0943 e. The summed E-state index contributed by atoms with van der Waals surface area (Å²) in [6.45, 7) is 3.67. The fourth-order valence-electron chi connectivity index (χ4n) is 0.852. The summed E-state index contributed by atoms with van der Waals surface area (Å²) >= 11 is 3.36. The van der Waals surface area contributed by atoms with E-state index in [0.717, 1.165) is 10.0 Å². The van der Waals surface area contributed by atoms with Crippen LogP contribution in [0.1, 0.15) is 24.3 Å². The van der Waals surface area contributed by atoms with E-state index in [2.05, 4.69) is 20.9 Å². The van der Waals surface area contributed by atoms with E-state index in [1.54, 1.807) is 13.1 Å². The van der Waals surface area contributed by atoms with Gasteiger partial charge in [-0.05, 0) is 41.4 Å². The Bertz CT molecular complexity index is 260. The summed E-state index contributed by atoms with van der Waals surface area (Å²) in [5.74, 6) is 0. The molecule has 1 unspecified atom stereocenters. The number of aliphatic hydroxyl groups excluding tert-OH is 1. The normalized spacial score (nSPS) is 13.1. The Morgan fingerprint density at radius 2 is 2.27 bits per heavy atom. The van der Waals surface area contributed by atoms with Crippen molar-refractivity contribution in [2.24, 2.45) is 0 Å². The fourth-order valence-corrected chi connectivity index (χ4v) is 1.42. The van der Waals surface area contributed by atoms with E-state index in [-0.39, 0.29) is 0 Å². The molecule has 1 heterocycles. The molecule has 0 aromatic carbocycles. The third-order valence-corrected chi connectivity index (χ3v) is 2.54. The summed E-state index contributed by atoms with van der Waals surface area (Å²) in [6.07, 6.45) is 1.19. The minimum atomic E-state index is -0.510. The van der Waals surface area contributed by atoms with Crippen LogP contribution in [0.5, 0.6) is 0 Å². The lowest BCUT2D eigenvalue weighted by Gasteiger charge is -2.07. The Balaban J connectivity index is 3.17. The molecule has 0 saturated carbocycles. The number of aliphatic hydroxyl groups is 1. The lowest BCUT2D eigenvalue weighted by Crippen LogP contribution is -1.97. The van der Waals surface area contributed by atoms with Crippen molar-refractivity contribution in [1.29, 1.82) is 0 Å². The Kier molecular flexibility index (Phi) is 2.62. The lowest BCUT2D eigenvalue weighted by atomic mass is 10.2. The van der Waals surface area contributed by atoms with Gasteiger partial charge in [0.2, 0.25) is 0 Å². The van der Waals surface area contributed by atoms with E-state index in [0.29, 0.717) is 5.69 Å². The van der Waals surface area contributed by atoms with Crippen molar-refractivity contribution >= 4 is 15.9 Å². The molecule has 60 valence electrons. The summed E-state index contributed by atoms with van der Waals surface area (Å²) in [5.41, 5.74) is 1.79. The fraction of sp³-hybridized carbons (Fsp3) is 0.375. The van der Waals surface area contributed by atoms with Gasteiger partial charge in [-0.15, -0.1) is 0 Å². The molecule has 1 aromatic rings. The molecule has 1 atom stereocenters. The van der Waals surface area contributed by atoms with Crippen LogP contribution in [0.4, 0.5) is 0 Å². The van der Waals surface area contributed by atoms with Crippen molar-refractivity contribution in [3.05, 3.63) is 28.0 Å². The topological polar surface area (TPSA) is 33.1 Å². The lowest BCUT2D eigenvalue weighted by molar-refractivity contribution is 0.193. The van der Waals surface area contributed by atoms with E-state index in [1.165, 1.54) is 0 Å².